The fourth-order valence-electron chi connectivity index (χ4n) is 2.59. The maximum absolute atomic E-state index is 12.5. The summed E-state index contributed by atoms with van der Waals surface area (Å²) in [6.07, 6.45) is 5.43. The van der Waals surface area contributed by atoms with E-state index in [2.05, 4.69) is 15.3 Å². The number of aryl methyl sites for hydroxylation is 1. The molecule has 0 aromatic carbocycles. The van der Waals surface area contributed by atoms with Gasteiger partial charge >= 0.3 is 0 Å². The van der Waals surface area contributed by atoms with Gasteiger partial charge in [-0.15, -0.1) is 0 Å². The molecule has 1 atom stereocenters. The molecule has 0 radical (unpaired) electrons. The molecule has 0 spiro atoms. The zero-order valence-corrected chi connectivity index (χ0v) is 11.5. The van der Waals surface area contributed by atoms with Crippen LogP contribution in [0, 0.1) is 6.92 Å². The third-order valence-electron chi connectivity index (χ3n) is 3.73. The molecule has 1 amide bonds. The number of pyridine rings is 1. The summed E-state index contributed by atoms with van der Waals surface area (Å²) >= 11 is 0. The maximum atomic E-state index is 12.5. The van der Waals surface area contributed by atoms with Crippen molar-refractivity contribution in [3.05, 3.63) is 53.6 Å². The second-order valence-corrected chi connectivity index (χ2v) is 5.06. The van der Waals surface area contributed by atoms with Gasteiger partial charge < -0.3 is 15.2 Å². The summed E-state index contributed by atoms with van der Waals surface area (Å²) in [4.78, 5) is 21.6. The zero-order valence-electron chi connectivity index (χ0n) is 11.5. The lowest BCUT2D eigenvalue weighted by Gasteiger charge is -2.33. The Labute approximate surface area is 118 Å². The molecule has 1 unspecified atom stereocenters. The number of rotatable bonds is 2. The first-order chi connectivity index (χ1) is 9.75. The molecular weight excluding hydrogens is 252 g/mol. The Kier molecular flexibility index (Phi) is 3.52. The van der Waals surface area contributed by atoms with E-state index in [0.29, 0.717) is 6.54 Å². The van der Waals surface area contributed by atoms with Crippen LogP contribution in [0.25, 0.3) is 0 Å². The first kappa shape index (κ1) is 12.9. The average Bonchev–Trinajstić information content (AvgIpc) is 2.94. The second kappa shape index (κ2) is 5.46. The number of nitrogens with zero attached hydrogens (tertiary/aromatic N) is 2. The molecule has 1 aliphatic rings. The monoisotopic (exact) mass is 270 g/mol. The first-order valence-corrected chi connectivity index (χ1v) is 6.82. The van der Waals surface area contributed by atoms with Crippen molar-refractivity contribution in [3.8, 4) is 0 Å². The van der Waals surface area contributed by atoms with Crippen molar-refractivity contribution < 1.29 is 4.79 Å². The lowest BCUT2D eigenvalue weighted by molar-refractivity contribution is 0.0702. The van der Waals surface area contributed by atoms with E-state index >= 15 is 0 Å². The van der Waals surface area contributed by atoms with Gasteiger partial charge in [-0.1, -0.05) is 6.07 Å². The molecule has 2 N–H and O–H groups in total. The Balaban J connectivity index is 1.76. The van der Waals surface area contributed by atoms with Crippen LogP contribution in [-0.2, 0) is 0 Å². The molecule has 3 rings (SSSR count). The average molecular weight is 270 g/mol. The van der Waals surface area contributed by atoms with E-state index in [0.717, 1.165) is 29.9 Å². The SMILES string of the molecule is Cc1[nH]ccc1C(=O)N1CCNC(c2cccnc2)C1. The molecule has 1 aliphatic heterocycles. The van der Waals surface area contributed by atoms with Gasteiger partial charge in [-0.3, -0.25) is 9.78 Å². The van der Waals surface area contributed by atoms with Crippen molar-refractivity contribution in [1.82, 2.24) is 20.2 Å². The van der Waals surface area contributed by atoms with Crippen molar-refractivity contribution in [1.29, 1.82) is 0 Å². The number of carbonyl (C=O) groups excluding carboxylic acids is 1. The summed E-state index contributed by atoms with van der Waals surface area (Å²) in [6, 6.07) is 5.97. The Morgan fingerprint density at radius 3 is 3.05 bits per heavy atom. The van der Waals surface area contributed by atoms with Crippen LogP contribution in [0.1, 0.15) is 27.7 Å². The minimum absolute atomic E-state index is 0.0964. The topological polar surface area (TPSA) is 61.0 Å². The van der Waals surface area contributed by atoms with Crippen LogP contribution in [0.4, 0.5) is 0 Å². The highest BCUT2D eigenvalue weighted by Gasteiger charge is 2.26. The number of hydrogen-bond donors (Lipinski definition) is 2. The van der Waals surface area contributed by atoms with E-state index in [4.69, 9.17) is 0 Å². The van der Waals surface area contributed by atoms with Gasteiger partial charge in [0.1, 0.15) is 0 Å². The fourth-order valence-corrected chi connectivity index (χ4v) is 2.59. The predicted molar refractivity (Wildman–Crippen MR) is 76.4 cm³/mol. The zero-order chi connectivity index (χ0) is 13.9. The van der Waals surface area contributed by atoms with Gasteiger partial charge in [0.2, 0.25) is 0 Å². The van der Waals surface area contributed by atoms with Crippen molar-refractivity contribution in [3.63, 3.8) is 0 Å². The molecule has 1 saturated heterocycles. The summed E-state index contributed by atoms with van der Waals surface area (Å²) in [5.74, 6) is 0.0964. The van der Waals surface area contributed by atoms with Crippen LogP contribution in [0.15, 0.2) is 36.8 Å². The van der Waals surface area contributed by atoms with E-state index in [1.807, 2.05) is 42.4 Å². The Bertz CT molecular complexity index is 593. The largest absolute Gasteiger partial charge is 0.365 e. The number of carbonyl (C=O) groups is 1. The minimum Gasteiger partial charge on any atom is -0.365 e. The molecule has 3 heterocycles. The van der Waals surface area contributed by atoms with E-state index < -0.39 is 0 Å². The summed E-state index contributed by atoms with van der Waals surface area (Å²) in [7, 11) is 0. The molecule has 5 heteroatoms. The van der Waals surface area contributed by atoms with Crippen LogP contribution in [-0.4, -0.2) is 40.4 Å². The van der Waals surface area contributed by atoms with E-state index in [9.17, 15) is 4.79 Å². The van der Waals surface area contributed by atoms with Crippen LogP contribution in [0.2, 0.25) is 0 Å². The molecule has 0 saturated carbocycles. The minimum atomic E-state index is 0.0964. The van der Waals surface area contributed by atoms with Gasteiger partial charge in [0.15, 0.2) is 0 Å². The van der Waals surface area contributed by atoms with E-state index in [1.54, 1.807) is 6.20 Å². The summed E-state index contributed by atoms with van der Waals surface area (Å²) < 4.78 is 0. The number of aromatic amines is 1. The van der Waals surface area contributed by atoms with Crippen LogP contribution >= 0.6 is 0 Å². The highest BCUT2D eigenvalue weighted by Crippen LogP contribution is 2.18. The lowest BCUT2D eigenvalue weighted by Crippen LogP contribution is -2.48. The summed E-state index contributed by atoms with van der Waals surface area (Å²) in [5.41, 5.74) is 2.80. The number of H-pyrrole nitrogens is 1. The molecular formula is C15H18N4O. The standard InChI is InChI=1S/C15H18N4O/c1-11-13(4-6-17-11)15(20)19-8-7-18-14(10-19)12-3-2-5-16-9-12/h2-6,9,14,17-18H,7-8,10H2,1H3. The van der Waals surface area contributed by atoms with Gasteiger partial charge in [0.25, 0.3) is 5.91 Å². The Morgan fingerprint density at radius 2 is 2.35 bits per heavy atom. The van der Waals surface area contributed by atoms with Gasteiger partial charge in [-0.25, -0.2) is 0 Å². The lowest BCUT2D eigenvalue weighted by atomic mass is 10.1. The summed E-state index contributed by atoms with van der Waals surface area (Å²) in [5, 5.41) is 3.44. The quantitative estimate of drug-likeness (QED) is 0.869. The highest BCUT2D eigenvalue weighted by atomic mass is 16.2. The first-order valence-electron chi connectivity index (χ1n) is 6.82. The van der Waals surface area contributed by atoms with Gasteiger partial charge in [-0.05, 0) is 24.6 Å². The predicted octanol–water partition coefficient (Wildman–Crippen LogP) is 1.50. The molecule has 0 bridgehead atoms. The number of amides is 1. The highest BCUT2D eigenvalue weighted by molar-refractivity contribution is 5.95. The van der Waals surface area contributed by atoms with E-state index in [-0.39, 0.29) is 11.9 Å². The second-order valence-electron chi connectivity index (χ2n) is 5.06. The van der Waals surface area contributed by atoms with Gasteiger partial charge in [-0.2, -0.15) is 0 Å². The number of hydrogen-bond acceptors (Lipinski definition) is 3. The van der Waals surface area contributed by atoms with Crippen LogP contribution in [0.5, 0.6) is 0 Å². The third-order valence-corrected chi connectivity index (χ3v) is 3.73. The van der Waals surface area contributed by atoms with Crippen molar-refractivity contribution >= 4 is 5.91 Å². The Morgan fingerprint density at radius 1 is 1.45 bits per heavy atom. The number of nitrogens with one attached hydrogen (secondary N) is 2. The molecule has 2 aromatic heterocycles. The smallest absolute Gasteiger partial charge is 0.255 e. The van der Waals surface area contributed by atoms with Gasteiger partial charge in [0, 0.05) is 43.9 Å². The Hall–Kier alpha value is -2.14. The van der Waals surface area contributed by atoms with Crippen molar-refractivity contribution in [2.45, 2.75) is 13.0 Å². The molecule has 20 heavy (non-hydrogen) atoms. The third kappa shape index (κ3) is 2.44. The summed E-state index contributed by atoms with van der Waals surface area (Å²) in [6.45, 7) is 4.14. The van der Waals surface area contributed by atoms with Crippen LogP contribution in [0.3, 0.4) is 0 Å². The van der Waals surface area contributed by atoms with Crippen LogP contribution < -0.4 is 5.32 Å². The molecule has 5 nitrogen and oxygen atoms in total. The number of aromatic nitrogens is 2. The number of piperazine rings is 1. The maximum Gasteiger partial charge on any atom is 0.255 e. The normalized spacial score (nSPS) is 19.1. The molecule has 0 aliphatic carbocycles. The molecule has 2 aromatic rings. The van der Waals surface area contributed by atoms with Crippen molar-refractivity contribution in [2.24, 2.45) is 0 Å². The molecule has 104 valence electrons. The van der Waals surface area contributed by atoms with Gasteiger partial charge in [0.05, 0.1) is 11.6 Å². The fraction of sp³-hybridized carbons (Fsp3) is 0.333. The van der Waals surface area contributed by atoms with E-state index in [1.165, 1.54) is 0 Å². The van der Waals surface area contributed by atoms with Crippen molar-refractivity contribution in [2.75, 3.05) is 19.6 Å². The molecule has 1 fully saturated rings.